The van der Waals surface area contributed by atoms with E-state index in [9.17, 15) is 9.90 Å². The van der Waals surface area contributed by atoms with Gasteiger partial charge in [-0.1, -0.05) is 23.7 Å². The van der Waals surface area contributed by atoms with Crippen LogP contribution in [0.4, 0.5) is 0 Å². The predicted molar refractivity (Wildman–Crippen MR) is 111 cm³/mol. The molecular formula is C22H25ClN4O2. The van der Waals surface area contributed by atoms with Gasteiger partial charge in [0.25, 0.3) is 5.91 Å². The molecule has 3 aliphatic rings. The van der Waals surface area contributed by atoms with Crippen molar-refractivity contribution in [1.82, 2.24) is 19.7 Å². The predicted octanol–water partition coefficient (Wildman–Crippen LogP) is 1.88. The van der Waals surface area contributed by atoms with Crippen LogP contribution in [-0.4, -0.2) is 81.1 Å². The van der Waals surface area contributed by atoms with Gasteiger partial charge in [0.15, 0.2) is 0 Å². The van der Waals surface area contributed by atoms with Crippen LogP contribution in [0, 0.1) is 0 Å². The van der Waals surface area contributed by atoms with E-state index < -0.39 is 0 Å². The van der Waals surface area contributed by atoms with E-state index in [0.29, 0.717) is 25.2 Å². The lowest BCUT2D eigenvalue weighted by Crippen LogP contribution is -2.78. The maximum atomic E-state index is 13.1. The third-order valence-electron chi connectivity index (χ3n) is 6.44. The number of likely N-dealkylation sites (tertiary alicyclic amines) is 1. The average molecular weight is 413 g/mol. The lowest BCUT2D eigenvalue weighted by molar-refractivity contribution is -0.108. The van der Waals surface area contributed by atoms with Crippen molar-refractivity contribution in [3.8, 4) is 0 Å². The van der Waals surface area contributed by atoms with Gasteiger partial charge >= 0.3 is 0 Å². The first kappa shape index (κ1) is 19.0. The molecule has 2 unspecified atom stereocenters. The molecule has 1 aromatic carbocycles. The standard InChI is InChI=1S/C22H25ClN4O2/c23-18-5-1-3-16(7-18)10-25-13-22(14-25)15-26(11-19-8-20(28)12-27(19)22)21(29)17-4-2-6-24-9-17/h1-7,9,19-20,28H,8,10-15H2. The number of β-amino-alcohol motifs (C(OH)–C–C–N with tert-alkyl or cyclic N) is 1. The van der Waals surface area contributed by atoms with Crippen molar-refractivity contribution >= 4 is 17.5 Å². The summed E-state index contributed by atoms with van der Waals surface area (Å²) in [5.41, 5.74) is 1.74. The largest absolute Gasteiger partial charge is 0.392 e. The van der Waals surface area contributed by atoms with E-state index in [1.165, 1.54) is 5.56 Å². The van der Waals surface area contributed by atoms with Gasteiger partial charge in [0.05, 0.1) is 17.2 Å². The second-order valence-electron chi connectivity index (χ2n) is 8.62. The number of carbonyl (C=O) groups excluding carboxylic acids is 1. The Labute approximate surface area is 175 Å². The summed E-state index contributed by atoms with van der Waals surface area (Å²) >= 11 is 6.13. The Morgan fingerprint density at radius 1 is 1.21 bits per heavy atom. The highest BCUT2D eigenvalue weighted by atomic mass is 35.5. The molecule has 0 radical (unpaired) electrons. The van der Waals surface area contributed by atoms with Gasteiger partial charge in [0.2, 0.25) is 0 Å². The van der Waals surface area contributed by atoms with Crippen molar-refractivity contribution in [2.75, 3.05) is 32.7 Å². The zero-order valence-corrected chi connectivity index (χ0v) is 17.0. The van der Waals surface area contributed by atoms with Crippen LogP contribution in [0.2, 0.25) is 5.02 Å². The lowest BCUT2D eigenvalue weighted by Gasteiger charge is -2.61. The summed E-state index contributed by atoms with van der Waals surface area (Å²) in [5.74, 6) is 0.0341. The highest BCUT2D eigenvalue weighted by Crippen LogP contribution is 2.39. The van der Waals surface area contributed by atoms with Crippen molar-refractivity contribution in [3.05, 3.63) is 64.9 Å². The number of nitrogens with zero attached hydrogens (tertiary/aromatic N) is 4. The highest BCUT2D eigenvalue weighted by Gasteiger charge is 2.56. The van der Waals surface area contributed by atoms with E-state index in [1.54, 1.807) is 18.5 Å². The quantitative estimate of drug-likeness (QED) is 0.834. The van der Waals surface area contributed by atoms with Crippen molar-refractivity contribution in [1.29, 1.82) is 0 Å². The normalized spacial score (nSPS) is 26.3. The lowest BCUT2D eigenvalue weighted by atomic mass is 9.83. The van der Waals surface area contributed by atoms with Gasteiger partial charge in [0.1, 0.15) is 0 Å². The van der Waals surface area contributed by atoms with Gasteiger partial charge in [-0.05, 0) is 36.2 Å². The number of hydrogen-bond acceptors (Lipinski definition) is 5. The second kappa shape index (κ2) is 7.36. The second-order valence-corrected chi connectivity index (χ2v) is 9.06. The van der Waals surface area contributed by atoms with Gasteiger partial charge < -0.3 is 10.0 Å². The molecule has 4 heterocycles. The fraction of sp³-hybridized carbons (Fsp3) is 0.455. The maximum Gasteiger partial charge on any atom is 0.255 e. The number of rotatable bonds is 3. The molecule has 1 amide bonds. The Morgan fingerprint density at radius 3 is 2.83 bits per heavy atom. The molecular weight excluding hydrogens is 388 g/mol. The van der Waals surface area contributed by atoms with Crippen LogP contribution in [0.1, 0.15) is 22.3 Å². The number of aliphatic hydroxyl groups is 1. The van der Waals surface area contributed by atoms with Crippen molar-refractivity contribution in [2.45, 2.75) is 30.7 Å². The van der Waals surface area contributed by atoms with E-state index in [1.807, 2.05) is 29.2 Å². The van der Waals surface area contributed by atoms with Gasteiger partial charge in [0, 0.05) is 62.7 Å². The van der Waals surface area contributed by atoms with Crippen molar-refractivity contribution in [3.63, 3.8) is 0 Å². The summed E-state index contributed by atoms with van der Waals surface area (Å²) in [5, 5.41) is 11.1. The first-order chi connectivity index (χ1) is 14.0. The first-order valence-corrected chi connectivity index (χ1v) is 10.5. The van der Waals surface area contributed by atoms with E-state index in [-0.39, 0.29) is 23.6 Å². The minimum Gasteiger partial charge on any atom is -0.392 e. The Morgan fingerprint density at radius 2 is 2.07 bits per heavy atom. The summed E-state index contributed by atoms with van der Waals surface area (Å²) in [6, 6.07) is 11.8. The molecule has 1 spiro atoms. The van der Waals surface area contributed by atoms with Gasteiger partial charge in [-0.2, -0.15) is 0 Å². The molecule has 7 heteroatoms. The monoisotopic (exact) mass is 412 g/mol. The number of aliphatic hydroxyl groups excluding tert-OH is 1. The number of benzene rings is 1. The summed E-state index contributed by atoms with van der Waals surface area (Å²) in [7, 11) is 0. The number of aromatic nitrogens is 1. The fourth-order valence-corrected chi connectivity index (χ4v) is 5.52. The molecule has 6 nitrogen and oxygen atoms in total. The summed E-state index contributed by atoms with van der Waals surface area (Å²) in [6.07, 6.45) is 3.74. The molecule has 2 aromatic rings. The maximum absolute atomic E-state index is 13.1. The van der Waals surface area contributed by atoms with Crippen LogP contribution in [0.25, 0.3) is 0 Å². The number of halogens is 1. The van der Waals surface area contributed by atoms with Crippen molar-refractivity contribution in [2.24, 2.45) is 0 Å². The Bertz CT molecular complexity index is 903. The SMILES string of the molecule is O=C(c1cccnc1)N1CC2CC(O)CN2C2(CN(Cc3cccc(Cl)c3)C2)C1. The molecule has 0 aliphatic carbocycles. The molecule has 3 aliphatic heterocycles. The third kappa shape index (κ3) is 3.55. The van der Waals surface area contributed by atoms with Crippen LogP contribution in [0.3, 0.4) is 0 Å². The molecule has 5 rings (SSSR count). The first-order valence-electron chi connectivity index (χ1n) is 10.1. The summed E-state index contributed by atoms with van der Waals surface area (Å²) < 4.78 is 0. The smallest absolute Gasteiger partial charge is 0.255 e. The Kier molecular flexibility index (Phi) is 4.82. The van der Waals surface area contributed by atoms with E-state index in [2.05, 4.69) is 20.9 Å². The molecule has 2 atom stereocenters. The third-order valence-corrected chi connectivity index (χ3v) is 6.68. The van der Waals surface area contributed by atoms with Crippen LogP contribution in [0.5, 0.6) is 0 Å². The highest BCUT2D eigenvalue weighted by molar-refractivity contribution is 6.30. The van der Waals surface area contributed by atoms with E-state index >= 15 is 0 Å². The number of carbonyl (C=O) groups is 1. The zero-order chi connectivity index (χ0) is 20.0. The van der Waals surface area contributed by atoms with Gasteiger partial charge in [-0.3, -0.25) is 19.6 Å². The number of amides is 1. The Hall–Kier alpha value is -1.99. The Balaban J connectivity index is 1.33. The van der Waals surface area contributed by atoms with Crippen LogP contribution >= 0.6 is 11.6 Å². The molecule has 152 valence electrons. The van der Waals surface area contributed by atoms with Crippen LogP contribution in [-0.2, 0) is 6.54 Å². The van der Waals surface area contributed by atoms with Gasteiger partial charge in [-0.25, -0.2) is 0 Å². The molecule has 0 saturated carbocycles. The van der Waals surface area contributed by atoms with Crippen molar-refractivity contribution < 1.29 is 9.90 Å². The average Bonchev–Trinajstić information content (AvgIpc) is 3.07. The number of pyridine rings is 1. The molecule has 1 aromatic heterocycles. The van der Waals surface area contributed by atoms with Crippen LogP contribution < -0.4 is 0 Å². The van der Waals surface area contributed by atoms with E-state index in [4.69, 9.17) is 11.6 Å². The molecule has 1 N–H and O–H groups in total. The molecule has 3 fully saturated rings. The zero-order valence-electron chi connectivity index (χ0n) is 16.2. The summed E-state index contributed by atoms with van der Waals surface area (Å²) in [6.45, 7) is 4.68. The fourth-order valence-electron chi connectivity index (χ4n) is 5.31. The van der Waals surface area contributed by atoms with E-state index in [0.717, 1.165) is 31.1 Å². The minimum absolute atomic E-state index is 0.0341. The number of hydrogen-bond donors (Lipinski definition) is 1. The number of piperazine rings is 1. The summed E-state index contributed by atoms with van der Waals surface area (Å²) in [4.78, 5) is 24.0. The number of fused-ring (bicyclic) bond motifs is 2. The molecule has 0 bridgehead atoms. The molecule has 3 saturated heterocycles. The minimum atomic E-state index is -0.313. The molecule has 29 heavy (non-hydrogen) atoms. The topological polar surface area (TPSA) is 59.9 Å². The van der Waals surface area contributed by atoms with Gasteiger partial charge in [-0.15, -0.1) is 0 Å². The van der Waals surface area contributed by atoms with Crippen LogP contribution in [0.15, 0.2) is 48.8 Å².